The zero-order chi connectivity index (χ0) is 21.8. The van der Waals surface area contributed by atoms with E-state index in [0.717, 1.165) is 22.2 Å². The average Bonchev–Trinajstić information content (AvgIpc) is 3.00. The molecule has 0 radical (unpaired) electrons. The third kappa shape index (κ3) is 4.95. The van der Waals surface area contributed by atoms with Crippen molar-refractivity contribution in [2.24, 2.45) is 0 Å². The van der Waals surface area contributed by atoms with E-state index in [2.05, 4.69) is 0 Å². The maximum Gasteiger partial charge on any atom is 0.266 e. The van der Waals surface area contributed by atoms with E-state index in [0.29, 0.717) is 33.6 Å². The summed E-state index contributed by atoms with van der Waals surface area (Å²) in [5, 5.41) is 11.8. The smallest absolute Gasteiger partial charge is 0.266 e. The molecule has 0 aromatic heterocycles. The number of nitrogens with zero attached hydrogens (tertiary/aromatic N) is 1. The van der Waals surface area contributed by atoms with Crippen LogP contribution in [0.2, 0.25) is 5.02 Å². The van der Waals surface area contributed by atoms with Crippen LogP contribution >= 0.6 is 35.6 Å². The number of carbonyl (C=O) groups excluding carboxylic acids is 2. The molecule has 1 amide bonds. The van der Waals surface area contributed by atoms with Gasteiger partial charge in [-0.1, -0.05) is 53.8 Å². The van der Waals surface area contributed by atoms with Crippen molar-refractivity contribution in [3.05, 3.63) is 63.5 Å². The molecule has 1 unspecified atom stereocenters. The Morgan fingerprint density at radius 1 is 1.27 bits per heavy atom. The van der Waals surface area contributed by atoms with Crippen molar-refractivity contribution in [3.8, 4) is 11.5 Å². The Hall–Kier alpha value is -2.55. The van der Waals surface area contributed by atoms with Gasteiger partial charge in [0.1, 0.15) is 10.9 Å². The Morgan fingerprint density at radius 3 is 2.60 bits per heavy atom. The van der Waals surface area contributed by atoms with E-state index in [1.807, 2.05) is 12.1 Å². The number of carboxylic acids is 1. The first-order valence-corrected chi connectivity index (χ1v) is 10.4. The topological polar surface area (TPSA) is 78.9 Å². The number of amides is 1. The van der Waals surface area contributed by atoms with Gasteiger partial charge < -0.3 is 19.4 Å². The Morgan fingerprint density at radius 2 is 1.97 bits per heavy atom. The molecule has 3 rings (SSSR count). The molecule has 1 heterocycles. The van der Waals surface area contributed by atoms with Crippen molar-refractivity contribution in [2.45, 2.75) is 19.6 Å². The fraction of sp³-hybridized carbons (Fsp3) is 0.190. The Kier molecular flexibility index (Phi) is 7.02. The molecule has 9 heteroatoms. The van der Waals surface area contributed by atoms with E-state index in [4.69, 9.17) is 33.3 Å². The molecule has 30 heavy (non-hydrogen) atoms. The summed E-state index contributed by atoms with van der Waals surface area (Å²) in [6.45, 7) is 1.70. The van der Waals surface area contributed by atoms with Crippen molar-refractivity contribution < 1.29 is 24.2 Å². The van der Waals surface area contributed by atoms with Crippen LogP contribution in [-0.2, 0) is 16.2 Å². The second kappa shape index (κ2) is 9.51. The molecule has 0 N–H and O–H groups in total. The molecular formula is C21H17ClNO5S2-. The number of ether oxygens (including phenoxy) is 2. The van der Waals surface area contributed by atoms with Gasteiger partial charge in [0, 0.05) is 5.02 Å². The monoisotopic (exact) mass is 462 g/mol. The third-order valence-corrected chi connectivity index (χ3v) is 5.93. The summed E-state index contributed by atoms with van der Waals surface area (Å²) in [6, 6.07) is 11.4. The number of hydrogen-bond acceptors (Lipinski definition) is 7. The van der Waals surface area contributed by atoms with Gasteiger partial charge in [0.05, 0.1) is 24.0 Å². The summed E-state index contributed by atoms with van der Waals surface area (Å²) < 4.78 is 11.4. The SMILES string of the molecule is COc1cc(C=C2SC(=S)N(C(C)C(=O)[O-])C2=O)ccc1OCc1ccc(Cl)cc1. The minimum Gasteiger partial charge on any atom is -0.548 e. The maximum atomic E-state index is 12.6. The van der Waals surface area contributed by atoms with Crippen molar-refractivity contribution in [2.75, 3.05) is 7.11 Å². The second-order valence-electron chi connectivity index (χ2n) is 6.37. The summed E-state index contributed by atoms with van der Waals surface area (Å²) in [6.07, 6.45) is 1.63. The van der Waals surface area contributed by atoms with Crippen LogP contribution in [-0.4, -0.2) is 34.2 Å². The zero-order valence-corrected chi connectivity index (χ0v) is 18.5. The Labute approximate surface area is 188 Å². The summed E-state index contributed by atoms with van der Waals surface area (Å²) in [5.74, 6) is -0.792. The van der Waals surface area contributed by atoms with Crippen molar-refractivity contribution in [3.63, 3.8) is 0 Å². The fourth-order valence-corrected chi connectivity index (χ4v) is 4.25. The van der Waals surface area contributed by atoms with Gasteiger partial charge in [-0.3, -0.25) is 9.69 Å². The highest BCUT2D eigenvalue weighted by atomic mass is 35.5. The lowest BCUT2D eigenvalue weighted by Gasteiger charge is -2.23. The molecule has 1 aliphatic rings. The van der Waals surface area contributed by atoms with Gasteiger partial charge in [-0.2, -0.15) is 0 Å². The zero-order valence-electron chi connectivity index (χ0n) is 16.1. The van der Waals surface area contributed by atoms with Crippen molar-refractivity contribution >= 4 is 57.9 Å². The summed E-state index contributed by atoms with van der Waals surface area (Å²) in [5.41, 5.74) is 1.64. The van der Waals surface area contributed by atoms with Gasteiger partial charge in [-0.25, -0.2) is 0 Å². The number of rotatable bonds is 7. The molecule has 0 saturated carbocycles. The van der Waals surface area contributed by atoms with Crippen LogP contribution in [0.15, 0.2) is 47.4 Å². The Bertz CT molecular complexity index is 1020. The van der Waals surface area contributed by atoms with E-state index in [-0.39, 0.29) is 4.32 Å². The van der Waals surface area contributed by atoms with Gasteiger partial charge in [-0.15, -0.1) is 0 Å². The van der Waals surface area contributed by atoms with Crippen molar-refractivity contribution in [1.82, 2.24) is 4.90 Å². The minimum atomic E-state index is -1.36. The van der Waals surface area contributed by atoms with Crippen LogP contribution < -0.4 is 14.6 Å². The number of aliphatic carboxylic acids is 1. The van der Waals surface area contributed by atoms with E-state index in [9.17, 15) is 14.7 Å². The number of carboxylic acid groups (broad SMARTS) is 1. The molecule has 0 aliphatic carbocycles. The summed E-state index contributed by atoms with van der Waals surface area (Å²) in [4.78, 5) is 25.0. The molecule has 2 aromatic rings. The minimum absolute atomic E-state index is 0.179. The molecule has 0 spiro atoms. The molecule has 156 valence electrons. The van der Waals surface area contributed by atoms with Crippen LogP contribution in [0.3, 0.4) is 0 Å². The van der Waals surface area contributed by atoms with Gasteiger partial charge >= 0.3 is 0 Å². The number of carbonyl (C=O) groups is 2. The number of benzene rings is 2. The van der Waals surface area contributed by atoms with Gasteiger partial charge in [0.25, 0.3) is 5.91 Å². The first-order valence-electron chi connectivity index (χ1n) is 8.83. The molecule has 2 aromatic carbocycles. The van der Waals surface area contributed by atoms with Gasteiger partial charge in [0.15, 0.2) is 11.5 Å². The fourth-order valence-electron chi connectivity index (χ4n) is 2.71. The first-order chi connectivity index (χ1) is 14.3. The van der Waals surface area contributed by atoms with Crippen LogP contribution in [0.4, 0.5) is 0 Å². The van der Waals surface area contributed by atoms with Crippen molar-refractivity contribution in [1.29, 1.82) is 0 Å². The molecule has 1 atom stereocenters. The second-order valence-corrected chi connectivity index (χ2v) is 8.48. The number of halogens is 1. The largest absolute Gasteiger partial charge is 0.548 e. The molecule has 1 saturated heterocycles. The standard InChI is InChI=1S/C21H18ClNO5S2/c1-12(20(25)26)23-19(24)18(30-21(23)29)10-14-5-8-16(17(9-14)27-2)28-11-13-3-6-15(22)7-4-13/h3-10,12H,11H2,1-2H3,(H,25,26)/p-1. The van der Waals surface area contributed by atoms with E-state index in [1.54, 1.807) is 36.4 Å². The number of thiocarbonyl (C=S) groups is 1. The van der Waals surface area contributed by atoms with Crippen LogP contribution in [0.25, 0.3) is 6.08 Å². The lowest BCUT2D eigenvalue weighted by atomic mass is 10.1. The molecule has 0 bridgehead atoms. The van der Waals surface area contributed by atoms with Gasteiger partial charge in [0.2, 0.25) is 0 Å². The molecule has 1 aliphatic heterocycles. The van der Waals surface area contributed by atoms with Crippen LogP contribution in [0, 0.1) is 0 Å². The van der Waals surface area contributed by atoms with E-state index >= 15 is 0 Å². The first kappa shape index (κ1) is 22.1. The van der Waals surface area contributed by atoms with E-state index in [1.165, 1.54) is 14.0 Å². The lowest BCUT2D eigenvalue weighted by molar-refractivity contribution is -0.309. The third-order valence-electron chi connectivity index (χ3n) is 4.34. The predicted octanol–water partition coefficient (Wildman–Crippen LogP) is 3.27. The molecule has 6 nitrogen and oxygen atoms in total. The normalized spacial score (nSPS) is 16.1. The van der Waals surface area contributed by atoms with Crippen LogP contribution in [0.1, 0.15) is 18.1 Å². The van der Waals surface area contributed by atoms with E-state index < -0.39 is 17.9 Å². The number of thioether (sulfide) groups is 1. The summed E-state index contributed by atoms with van der Waals surface area (Å²) in [7, 11) is 1.52. The van der Waals surface area contributed by atoms with Gasteiger partial charge in [-0.05, 0) is 48.4 Å². The quantitative estimate of drug-likeness (QED) is 0.461. The molecular weight excluding hydrogens is 446 g/mol. The van der Waals surface area contributed by atoms with Crippen LogP contribution in [0.5, 0.6) is 11.5 Å². The highest BCUT2D eigenvalue weighted by Gasteiger charge is 2.35. The molecule has 1 fully saturated rings. The maximum absolute atomic E-state index is 12.6. The highest BCUT2D eigenvalue weighted by Crippen LogP contribution is 2.35. The number of hydrogen-bond donors (Lipinski definition) is 0. The predicted molar refractivity (Wildman–Crippen MR) is 118 cm³/mol. The lowest BCUT2D eigenvalue weighted by Crippen LogP contribution is -2.48. The average molecular weight is 463 g/mol. The summed E-state index contributed by atoms with van der Waals surface area (Å²) >= 11 is 12.1. The highest BCUT2D eigenvalue weighted by molar-refractivity contribution is 8.26. The number of methoxy groups -OCH3 is 1. The Balaban J connectivity index is 1.77.